The molecule has 2 N–H and O–H groups in total. The van der Waals surface area contributed by atoms with E-state index in [4.69, 9.17) is 0 Å². The van der Waals surface area contributed by atoms with Gasteiger partial charge >= 0.3 is 102 Å². The molecule has 0 aromatic carbocycles. The Bertz CT molecular complexity index is 180. The summed E-state index contributed by atoms with van der Waals surface area (Å²) in [5.74, 6) is 0. The van der Waals surface area contributed by atoms with Gasteiger partial charge in [0.1, 0.15) is 0 Å². The van der Waals surface area contributed by atoms with Crippen molar-refractivity contribution in [2.45, 2.75) is 100 Å². The van der Waals surface area contributed by atoms with Gasteiger partial charge in [0.15, 0.2) is 0 Å². The molecule has 0 bridgehead atoms. The molecule has 116 valence electrons. The third-order valence-corrected chi connectivity index (χ3v) is 4.57. The molecule has 20 heavy (non-hydrogen) atoms. The molecule has 0 saturated heterocycles. The Morgan fingerprint density at radius 1 is 0.600 bits per heavy atom. The number of hydrogen-bond donors (Lipinski definition) is 0. The molecule has 0 rings (SSSR count). The van der Waals surface area contributed by atoms with Crippen LogP contribution in [0.25, 0.3) is 0 Å². The van der Waals surface area contributed by atoms with Crippen LogP contribution in [-0.2, 0) is 0 Å². The fraction of sp³-hybridized carbons (Fsp3) is 0.889. The Labute approximate surface area is 145 Å². The molecule has 0 aliphatic carbocycles. The maximum absolute atomic E-state index is 2.42. The first-order chi connectivity index (χ1) is 9.41. The van der Waals surface area contributed by atoms with Crippen LogP contribution in [0.1, 0.15) is 96.8 Å². The van der Waals surface area contributed by atoms with Crippen molar-refractivity contribution in [1.82, 2.24) is 0 Å². The molecule has 0 unspecified atom stereocenters. The third-order valence-electron chi connectivity index (χ3n) is 3.87. The van der Waals surface area contributed by atoms with Crippen molar-refractivity contribution >= 4 is 27.9 Å². The summed E-state index contributed by atoms with van der Waals surface area (Å²) in [6.07, 6.45) is 24.8. The number of rotatable bonds is 15. The summed E-state index contributed by atoms with van der Waals surface area (Å²) in [6, 6.07) is 0. The average Bonchev–Trinajstić information content (AvgIpc) is 2.43. The van der Waals surface area contributed by atoms with Gasteiger partial charge in [0.25, 0.3) is 0 Å². The van der Waals surface area contributed by atoms with E-state index in [9.17, 15) is 0 Å². The summed E-state index contributed by atoms with van der Waals surface area (Å²) in [7, 11) is 0. The van der Waals surface area contributed by atoms with E-state index in [0.717, 1.165) is 0 Å². The third kappa shape index (κ3) is 21.0. The zero-order valence-corrected chi connectivity index (χ0v) is 16.3. The van der Waals surface area contributed by atoms with Crippen LogP contribution in [0.3, 0.4) is 0 Å². The van der Waals surface area contributed by atoms with Crippen LogP contribution in [0.5, 0.6) is 0 Å². The van der Waals surface area contributed by atoms with Crippen LogP contribution in [-0.4, -0.2) is 33.4 Å². The second kappa shape index (κ2) is 22.0. The van der Waals surface area contributed by atoms with E-state index in [2.05, 4.69) is 19.1 Å². The van der Waals surface area contributed by atoms with Crippen molar-refractivity contribution in [1.29, 1.82) is 0 Å². The van der Waals surface area contributed by atoms with Crippen LogP contribution < -0.4 is 0 Å². The largest absolute Gasteiger partial charge is 0.412 e. The standard InChI is InChI=1S/C18H35.Na.H2O/c1-3-5-7-9-11-13-15-17-18-16-14-12-10-8-6-4-2;;/h17-18H,1,3-16H2,2H3;;1H2/b18-17-;;. The Hall–Kier alpha value is 0.700. The molecule has 0 aromatic heterocycles. The SMILES string of the molecule is CCCCCCCC/C=C\CCCCCCC[CH2][Na].O. The molecule has 0 amide bonds. The van der Waals surface area contributed by atoms with Gasteiger partial charge in [0, 0.05) is 0 Å². The summed E-state index contributed by atoms with van der Waals surface area (Å²) in [4.78, 5) is 0. The molecular weight excluding hydrogens is 255 g/mol. The second-order valence-corrected chi connectivity index (χ2v) is 6.94. The van der Waals surface area contributed by atoms with Crippen LogP contribution in [0.4, 0.5) is 0 Å². The minimum absolute atomic E-state index is 0. The molecule has 0 spiro atoms. The van der Waals surface area contributed by atoms with E-state index in [1.165, 1.54) is 121 Å². The minimum Gasteiger partial charge on any atom is -0.412 e. The maximum Gasteiger partial charge on any atom is -0.412 e. The number of hydrogen-bond acceptors (Lipinski definition) is 0. The smallest absolute Gasteiger partial charge is 0.412 e. The van der Waals surface area contributed by atoms with Crippen LogP contribution in [0.2, 0.25) is 3.67 Å². The Kier molecular flexibility index (Phi) is 25.3. The van der Waals surface area contributed by atoms with Crippen molar-refractivity contribution in [3.63, 3.8) is 0 Å². The first-order valence-corrected chi connectivity index (χ1v) is 10.5. The summed E-state index contributed by atoms with van der Waals surface area (Å²) < 4.78 is 1.50. The predicted octanol–water partition coefficient (Wildman–Crippen LogP) is 5.79. The van der Waals surface area contributed by atoms with Gasteiger partial charge in [-0.2, -0.15) is 0 Å². The van der Waals surface area contributed by atoms with Gasteiger partial charge in [-0.25, -0.2) is 0 Å². The van der Waals surface area contributed by atoms with E-state index in [1.807, 2.05) is 0 Å². The molecule has 0 aromatic rings. The molecule has 0 saturated carbocycles. The molecular formula is C18H37NaO. The van der Waals surface area contributed by atoms with Gasteiger partial charge in [-0.1, -0.05) is 39.0 Å². The summed E-state index contributed by atoms with van der Waals surface area (Å²) >= 11 is 1.40. The molecule has 0 radical (unpaired) electrons. The Balaban J connectivity index is 0. The summed E-state index contributed by atoms with van der Waals surface area (Å²) in [5.41, 5.74) is 0. The van der Waals surface area contributed by atoms with E-state index >= 15 is 0 Å². The Morgan fingerprint density at radius 2 is 1.00 bits per heavy atom. The van der Waals surface area contributed by atoms with E-state index in [-0.39, 0.29) is 5.48 Å². The van der Waals surface area contributed by atoms with Gasteiger partial charge in [0.2, 0.25) is 0 Å². The molecule has 1 nitrogen and oxygen atoms in total. The van der Waals surface area contributed by atoms with Crippen LogP contribution >= 0.6 is 0 Å². The number of unbranched alkanes of at least 4 members (excludes halogenated alkanes) is 12. The average molecular weight is 292 g/mol. The summed E-state index contributed by atoms with van der Waals surface area (Å²) in [5, 5.41) is 0. The van der Waals surface area contributed by atoms with Crippen molar-refractivity contribution in [3.8, 4) is 0 Å². The first kappa shape index (κ1) is 23.0. The van der Waals surface area contributed by atoms with Crippen LogP contribution in [0.15, 0.2) is 12.2 Å². The van der Waals surface area contributed by atoms with E-state index < -0.39 is 0 Å². The van der Waals surface area contributed by atoms with Crippen LogP contribution in [0, 0.1) is 0 Å². The van der Waals surface area contributed by atoms with Crippen molar-refractivity contribution in [3.05, 3.63) is 12.2 Å². The maximum atomic E-state index is 2.42. The monoisotopic (exact) mass is 292 g/mol. The van der Waals surface area contributed by atoms with Crippen molar-refractivity contribution in [2.75, 3.05) is 0 Å². The topological polar surface area (TPSA) is 31.5 Å². The second-order valence-electron chi connectivity index (χ2n) is 5.94. The fourth-order valence-electron chi connectivity index (χ4n) is 2.50. The fourth-order valence-corrected chi connectivity index (χ4v) is 3.00. The van der Waals surface area contributed by atoms with Gasteiger partial charge in [-0.3, -0.25) is 0 Å². The number of allylic oxidation sites excluding steroid dienone is 2. The van der Waals surface area contributed by atoms with Gasteiger partial charge in [-0.15, -0.1) is 0 Å². The van der Waals surface area contributed by atoms with Crippen molar-refractivity contribution in [2.24, 2.45) is 0 Å². The quantitative estimate of drug-likeness (QED) is 0.208. The zero-order chi connectivity index (χ0) is 14.0. The molecule has 0 aliphatic rings. The molecule has 0 aliphatic heterocycles. The Morgan fingerprint density at radius 3 is 1.45 bits per heavy atom. The van der Waals surface area contributed by atoms with E-state index in [0.29, 0.717) is 0 Å². The van der Waals surface area contributed by atoms with Crippen molar-refractivity contribution < 1.29 is 5.48 Å². The first-order valence-electron chi connectivity index (χ1n) is 9.06. The zero-order valence-electron chi connectivity index (χ0n) is 14.3. The van der Waals surface area contributed by atoms with Gasteiger partial charge in [-0.05, 0) is 0 Å². The molecule has 0 heterocycles. The normalized spacial score (nSPS) is 10.9. The van der Waals surface area contributed by atoms with Gasteiger partial charge in [0.05, 0.1) is 0 Å². The minimum atomic E-state index is 0. The predicted molar refractivity (Wildman–Crippen MR) is 93.6 cm³/mol. The van der Waals surface area contributed by atoms with Gasteiger partial charge < -0.3 is 5.48 Å². The molecule has 2 heteroatoms. The van der Waals surface area contributed by atoms with E-state index in [1.54, 1.807) is 0 Å². The molecule has 0 fully saturated rings. The summed E-state index contributed by atoms with van der Waals surface area (Å²) in [6.45, 7) is 2.29. The molecule has 0 atom stereocenters.